The maximum atomic E-state index is 11.2. The molecule has 0 amide bonds. The highest BCUT2D eigenvalue weighted by Crippen LogP contribution is 2.09. The Morgan fingerprint density at radius 3 is 0.944 bits per heavy atom. The molecule has 0 aliphatic heterocycles. The Bertz CT molecular complexity index is 98.2. The van der Waals surface area contributed by atoms with Crippen molar-refractivity contribution < 1.29 is 4.39 Å². The van der Waals surface area contributed by atoms with E-state index in [0.29, 0.717) is 0 Å². The van der Waals surface area contributed by atoms with E-state index in [9.17, 15) is 4.39 Å². The van der Waals surface area contributed by atoms with Crippen molar-refractivity contribution in [3.05, 3.63) is 0 Å². The molecule has 0 heterocycles. The summed E-state index contributed by atoms with van der Waals surface area (Å²) < 4.78 is 11.2. The first-order chi connectivity index (χ1) is 8.83. The van der Waals surface area contributed by atoms with E-state index in [2.05, 4.69) is 20.8 Å². The summed E-state index contributed by atoms with van der Waals surface area (Å²) in [5.41, 5.74) is 0. The van der Waals surface area contributed by atoms with Crippen LogP contribution in [0.15, 0.2) is 0 Å². The maximum Gasteiger partial charge on any atom is 0.0894 e. The van der Waals surface area contributed by atoms with Crippen molar-refractivity contribution in [3.63, 3.8) is 0 Å². The Morgan fingerprint density at radius 1 is 0.444 bits per heavy atom. The molecule has 0 saturated carbocycles. The molecule has 0 atom stereocenters. The van der Waals surface area contributed by atoms with Gasteiger partial charge in [0.05, 0.1) is 6.67 Å². The quantitative estimate of drug-likeness (QED) is 0.329. The van der Waals surface area contributed by atoms with Gasteiger partial charge in [-0.05, 0) is 6.42 Å². The fourth-order valence-electron chi connectivity index (χ4n) is 1.91. The number of alkyl halides is 1. The maximum absolute atomic E-state index is 11.2. The molecular weight excluding hydrogens is 223 g/mol. The standard InChI is InChI=1S/C12H26.C5H11F/c1-3-5-7-9-11-12-10-8-6-4-2;1-2-3-4-5-6/h3-12H2,1-2H3;2-5H2,1H3. The zero-order valence-electron chi connectivity index (χ0n) is 13.3. The normalized spacial score (nSPS) is 10.0. The van der Waals surface area contributed by atoms with Gasteiger partial charge in [0.25, 0.3) is 0 Å². The third kappa shape index (κ3) is 24.9. The highest BCUT2D eigenvalue weighted by Gasteiger charge is 1.90. The SMILES string of the molecule is CCCCCCCCCCCC.CCCCCF. The van der Waals surface area contributed by atoms with Gasteiger partial charge < -0.3 is 0 Å². The van der Waals surface area contributed by atoms with Gasteiger partial charge in [0.2, 0.25) is 0 Å². The first kappa shape index (κ1) is 20.3. The number of halogens is 1. The number of hydrogen-bond donors (Lipinski definition) is 0. The Hall–Kier alpha value is -0.0700. The fraction of sp³-hybridized carbons (Fsp3) is 1.00. The van der Waals surface area contributed by atoms with E-state index in [4.69, 9.17) is 0 Å². The lowest BCUT2D eigenvalue weighted by Crippen LogP contribution is -1.80. The van der Waals surface area contributed by atoms with Crippen LogP contribution in [0.3, 0.4) is 0 Å². The first-order valence-electron chi connectivity index (χ1n) is 8.39. The second-order valence-electron chi connectivity index (χ2n) is 5.22. The zero-order chi connectivity index (χ0) is 13.9. The molecule has 0 nitrogen and oxygen atoms in total. The minimum absolute atomic E-state index is 0.145. The lowest BCUT2D eigenvalue weighted by Gasteiger charge is -1.99. The van der Waals surface area contributed by atoms with Gasteiger partial charge in [0.1, 0.15) is 0 Å². The van der Waals surface area contributed by atoms with E-state index in [1.54, 1.807) is 0 Å². The van der Waals surface area contributed by atoms with Gasteiger partial charge in [-0.1, -0.05) is 97.8 Å². The van der Waals surface area contributed by atoms with E-state index in [1.165, 1.54) is 64.2 Å². The summed E-state index contributed by atoms with van der Waals surface area (Å²) >= 11 is 0. The minimum atomic E-state index is -0.145. The van der Waals surface area contributed by atoms with Gasteiger partial charge in [-0.2, -0.15) is 0 Å². The molecule has 0 aliphatic rings. The van der Waals surface area contributed by atoms with Crippen LogP contribution in [0.2, 0.25) is 0 Å². The number of hydrogen-bond acceptors (Lipinski definition) is 0. The Kier molecular flexibility index (Phi) is 24.9. The molecule has 0 fully saturated rings. The second-order valence-corrected chi connectivity index (χ2v) is 5.22. The second kappa shape index (κ2) is 22.1. The molecular formula is C17H37F. The van der Waals surface area contributed by atoms with E-state index < -0.39 is 0 Å². The molecule has 0 aromatic carbocycles. The van der Waals surface area contributed by atoms with Gasteiger partial charge in [-0.25, -0.2) is 0 Å². The van der Waals surface area contributed by atoms with Gasteiger partial charge in [0, 0.05) is 0 Å². The van der Waals surface area contributed by atoms with Gasteiger partial charge in [-0.3, -0.25) is 4.39 Å². The molecule has 1 heteroatoms. The van der Waals surface area contributed by atoms with Crippen LogP contribution >= 0.6 is 0 Å². The molecule has 18 heavy (non-hydrogen) atoms. The van der Waals surface area contributed by atoms with E-state index in [-0.39, 0.29) is 6.67 Å². The molecule has 0 aromatic heterocycles. The molecule has 0 N–H and O–H groups in total. The Labute approximate surface area is 116 Å². The van der Waals surface area contributed by atoms with Crippen molar-refractivity contribution in [2.24, 2.45) is 0 Å². The summed E-state index contributed by atoms with van der Waals surface area (Å²) in [6, 6.07) is 0. The van der Waals surface area contributed by atoms with E-state index in [1.807, 2.05) is 0 Å². The Morgan fingerprint density at radius 2 is 0.722 bits per heavy atom. The molecule has 0 radical (unpaired) electrons. The van der Waals surface area contributed by atoms with Crippen LogP contribution in [0.4, 0.5) is 4.39 Å². The molecule has 0 aromatic rings. The van der Waals surface area contributed by atoms with Gasteiger partial charge in [0.15, 0.2) is 0 Å². The molecule has 0 bridgehead atoms. The number of unbranched alkanes of at least 4 members (excludes halogenated alkanes) is 11. The largest absolute Gasteiger partial charge is 0.251 e. The average Bonchev–Trinajstić information content (AvgIpc) is 2.40. The third-order valence-electron chi connectivity index (χ3n) is 3.19. The van der Waals surface area contributed by atoms with Crippen molar-refractivity contribution >= 4 is 0 Å². The predicted octanol–water partition coefficient (Wildman–Crippen LogP) is 7.07. The molecule has 0 saturated heterocycles. The van der Waals surface area contributed by atoms with Crippen molar-refractivity contribution in [3.8, 4) is 0 Å². The molecule has 0 aliphatic carbocycles. The summed E-state index contributed by atoms with van der Waals surface area (Å²) in [4.78, 5) is 0. The predicted molar refractivity (Wildman–Crippen MR) is 83.0 cm³/mol. The van der Waals surface area contributed by atoms with Crippen LogP contribution in [0, 0.1) is 0 Å². The van der Waals surface area contributed by atoms with Gasteiger partial charge >= 0.3 is 0 Å². The van der Waals surface area contributed by atoms with E-state index in [0.717, 1.165) is 19.3 Å². The van der Waals surface area contributed by atoms with Crippen LogP contribution in [0.1, 0.15) is 104 Å². The monoisotopic (exact) mass is 260 g/mol. The molecule has 0 rings (SSSR count). The summed E-state index contributed by atoms with van der Waals surface area (Å²) in [5.74, 6) is 0. The van der Waals surface area contributed by atoms with Crippen molar-refractivity contribution in [2.75, 3.05) is 6.67 Å². The van der Waals surface area contributed by atoms with Crippen molar-refractivity contribution in [1.82, 2.24) is 0 Å². The third-order valence-corrected chi connectivity index (χ3v) is 3.19. The lowest BCUT2D eigenvalue weighted by atomic mass is 10.1. The summed E-state index contributed by atoms with van der Waals surface area (Å²) in [6.07, 6.45) is 17.3. The zero-order valence-corrected chi connectivity index (χ0v) is 13.3. The summed E-state index contributed by atoms with van der Waals surface area (Å²) in [6.45, 7) is 6.48. The van der Waals surface area contributed by atoms with E-state index >= 15 is 0 Å². The van der Waals surface area contributed by atoms with Crippen LogP contribution in [0.25, 0.3) is 0 Å². The topological polar surface area (TPSA) is 0 Å². The lowest BCUT2D eigenvalue weighted by molar-refractivity contribution is 0.460. The smallest absolute Gasteiger partial charge is 0.0894 e. The molecule has 0 unspecified atom stereocenters. The fourth-order valence-corrected chi connectivity index (χ4v) is 1.91. The molecule has 0 spiro atoms. The highest BCUT2D eigenvalue weighted by molar-refractivity contribution is 4.45. The van der Waals surface area contributed by atoms with Crippen LogP contribution in [-0.4, -0.2) is 6.67 Å². The van der Waals surface area contributed by atoms with Crippen molar-refractivity contribution in [2.45, 2.75) is 104 Å². The first-order valence-corrected chi connectivity index (χ1v) is 8.39. The minimum Gasteiger partial charge on any atom is -0.251 e. The summed E-state index contributed by atoms with van der Waals surface area (Å²) in [5, 5.41) is 0. The Balaban J connectivity index is 0. The highest BCUT2D eigenvalue weighted by atomic mass is 19.1. The molecule has 112 valence electrons. The van der Waals surface area contributed by atoms with Crippen LogP contribution < -0.4 is 0 Å². The van der Waals surface area contributed by atoms with Crippen molar-refractivity contribution in [1.29, 1.82) is 0 Å². The van der Waals surface area contributed by atoms with Crippen LogP contribution in [-0.2, 0) is 0 Å². The number of rotatable bonds is 12. The summed E-state index contributed by atoms with van der Waals surface area (Å²) in [7, 11) is 0. The average molecular weight is 260 g/mol. The van der Waals surface area contributed by atoms with Gasteiger partial charge in [-0.15, -0.1) is 0 Å². The van der Waals surface area contributed by atoms with Crippen LogP contribution in [0.5, 0.6) is 0 Å².